The van der Waals surface area contributed by atoms with E-state index in [4.69, 9.17) is 37.0 Å². The Bertz CT molecular complexity index is 1880. The predicted octanol–water partition coefficient (Wildman–Crippen LogP) is 24.2. The number of carbonyl (C=O) groups excluding carboxylic acids is 4. The van der Waals surface area contributed by atoms with E-state index in [9.17, 15) is 43.2 Å². The number of aliphatic hydroxyl groups is 1. The van der Waals surface area contributed by atoms with Crippen molar-refractivity contribution in [2.75, 3.05) is 39.6 Å². The molecule has 588 valence electrons. The Hall–Kier alpha value is -1.94. The van der Waals surface area contributed by atoms with E-state index in [2.05, 4.69) is 27.7 Å². The first-order valence-electron chi connectivity index (χ1n) is 41.8. The number of ether oxygens (including phenoxy) is 4. The summed E-state index contributed by atoms with van der Waals surface area (Å²) in [5.41, 5.74) is 0. The van der Waals surface area contributed by atoms with E-state index in [1.165, 1.54) is 263 Å². The number of phosphoric ester groups is 2. The first-order chi connectivity index (χ1) is 48.2. The highest BCUT2D eigenvalue weighted by atomic mass is 31.2. The maximum atomic E-state index is 13.1. The number of unbranched alkanes of at least 4 members (excludes halogenated alkanes) is 55. The number of carbonyl (C=O) groups is 4. The van der Waals surface area contributed by atoms with Gasteiger partial charge in [-0.1, -0.05) is 381 Å². The Morgan fingerprint density at radius 2 is 0.404 bits per heavy atom. The molecule has 0 rings (SSSR count). The molecule has 0 aromatic heterocycles. The molecule has 0 radical (unpaired) electrons. The molecule has 0 heterocycles. The first-order valence-corrected chi connectivity index (χ1v) is 44.8. The van der Waals surface area contributed by atoms with Crippen LogP contribution in [0, 0.1) is 0 Å². The van der Waals surface area contributed by atoms with Crippen molar-refractivity contribution >= 4 is 39.5 Å². The van der Waals surface area contributed by atoms with Crippen molar-refractivity contribution in [3.05, 3.63) is 0 Å². The minimum absolute atomic E-state index is 0.109. The fraction of sp³-hybridized carbons (Fsp3) is 0.950. The Balaban J connectivity index is 5.20. The monoisotopic (exact) mass is 1450 g/mol. The highest BCUT2D eigenvalue weighted by Gasteiger charge is 2.30. The molecule has 19 heteroatoms. The van der Waals surface area contributed by atoms with Gasteiger partial charge in [0, 0.05) is 25.7 Å². The van der Waals surface area contributed by atoms with E-state index in [1.54, 1.807) is 0 Å². The van der Waals surface area contributed by atoms with Gasteiger partial charge in [-0.25, -0.2) is 9.13 Å². The molecule has 0 amide bonds. The van der Waals surface area contributed by atoms with Crippen LogP contribution in [-0.2, 0) is 65.4 Å². The summed E-state index contributed by atoms with van der Waals surface area (Å²) in [6, 6.07) is 0. The average molecular weight is 1450 g/mol. The molecule has 5 atom stereocenters. The van der Waals surface area contributed by atoms with Gasteiger partial charge in [-0.05, 0) is 25.7 Å². The number of hydrogen-bond donors (Lipinski definition) is 3. The fourth-order valence-electron chi connectivity index (χ4n) is 12.5. The van der Waals surface area contributed by atoms with Crippen molar-refractivity contribution in [2.24, 2.45) is 0 Å². The summed E-state index contributed by atoms with van der Waals surface area (Å²) < 4.78 is 68.6. The molecule has 0 bridgehead atoms. The fourth-order valence-corrected chi connectivity index (χ4v) is 14.0. The van der Waals surface area contributed by atoms with Crippen LogP contribution in [0.5, 0.6) is 0 Å². The molecule has 2 unspecified atom stereocenters. The summed E-state index contributed by atoms with van der Waals surface area (Å²) in [5.74, 6) is -2.11. The average Bonchev–Trinajstić information content (AvgIpc) is 1.62. The molecule has 3 N–H and O–H groups in total. The van der Waals surface area contributed by atoms with Gasteiger partial charge >= 0.3 is 39.5 Å². The SMILES string of the molecule is CCCCCCCCCCCCCCCCCCCC(=O)OC[C@H](COP(=O)(O)OC[C@@H](O)COP(=O)(O)OC[C@@H](COC(=O)CCCCCCCCCC)OC(=O)CCCCCCCCCCCCCCCCCCC)OC(=O)CCCCCCCCCCCCCCCCCCC. The zero-order chi connectivity index (χ0) is 72.5. The molecule has 0 saturated heterocycles. The molecule has 0 saturated carbocycles. The molecule has 0 aromatic carbocycles. The zero-order valence-electron chi connectivity index (χ0n) is 64.5. The predicted molar refractivity (Wildman–Crippen MR) is 405 cm³/mol. The van der Waals surface area contributed by atoms with Gasteiger partial charge in [0.2, 0.25) is 0 Å². The van der Waals surface area contributed by atoms with Crippen LogP contribution in [-0.4, -0.2) is 96.7 Å². The van der Waals surface area contributed by atoms with Crippen LogP contribution in [0.15, 0.2) is 0 Å². The number of phosphoric acid groups is 2. The lowest BCUT2D eigenvalue weighted by Gasteiger charge is -2.21. The highest BCUT2D eigenvalue weighted by molar-refractivity contribution is 7.47. The first kappa shape index (κ1) is 97.1. The van der Waals surface area contributed by atoms with E-state index in [0.717, 1.165) is 89.9 Å². The van der Waals surface area contributed by atoms with Gasteiger partial charge in [0.25, 0.3) is 0 Å². The smallest absolute Gasteiger partial charge is 0.462 e. The Morgan fingerprint density at radius 1 is 0.242 bits per heavy atom. The van der Waals surface area contributed by atoms with E-state index in [0.29, 0.717) is 25.7 Å². The number of esters is 4. The molecule has 0 aliphatic carbocycles. The van der Waals surface area contributed by atoms with Crippen LogP contribution in [0.1, 0.15) is 432 Å². The van der Waals surface area contributed by atoms with E-state index < -0.39 is 97.5 Å². The van der Waals surface area contributed by atoms with Crippen molar-refractivity contribution in [3.63, 3.8) is 0 Å². The normalized spacial score (nSPS) is 13.8. The van der Waals surface area contributed by atoms with E-state index in [1.807, 2.05) is 0 Å². The molecular weight excluding hydrogens is 1290 g/mol. The van der Waals surface area contributed by atoms with Crippen LogP contribution in [0.4, 0.5) is 0 Å². The molecular formula is C80H156O17P2. The third-order valence-corrected chi connectivity index (χ3v) is 20.8. The lowest BCUT2D eigenvalue weighted by atomic mass is 10.0. The molecule has 0 aromatic rings. The minimum Gasteiger partial charge on any atom is -0.462 e. The third kappa shape index (κ3) is 74.1. The van der Waals surface area contributed by atoms with Gasteiger partial charge in [-0.2, -0.15) is 0 Å². The van der Waals surface area contributed by atoms with Crippen LogP contribution < -0.4 is 0 Å². The Kier molecular flexibility index (Phi) is 72.9. The largest absolute Gasteiger partial charge is 0.472 e. The van der Waals surface area contributed by atoms with E-state index in [-0.39, 0.29) is 25.7 Å². The summed E-state index contributed by atoms with van der Waals surface area (Å²) in [7, 11) is -9.91. The van der Waals surface area contributed by atoms with Crippen molar-refractivity contribution in [2.45, 2.75) is 451 Å². The number of hydrogen-bond acceptors (Lipinski definition) is 15. The summed E-state index contributed by atoms with van der Waals surface area (Å²) in [6.07, 6.45) is 66.6. The van der Waals surface area contributed by atoms with Gasteiger partial charge in [0.15, 0.2) is 12.2 Å². The van der Waals surface area contributed by atoms with Crippen molar-refractivity contribution in [1.29, 1.82) is 0 Å². The lowest BCUT2D eigenvalue weighted by molar-refractivity contribution is -0.161. The Labute approximate surface area is 607 Å². The zero-order valence-corrected chi connectivity index (χ0v) is 66.3. The molecule has 0 aliphatic rings. The summed E-state index contributed by atoms with van der Waals surface area (Å²) in [4.78, 5) is 72.9. The van der Waals surface area contributed by atoms with Gasteiger partial charge in [-0.15, -0.1) is 0 Å². The van der Waals surface area contributed by atoms with Gasteiger partial charge < -0.3 is 33.8 Å². The Morgan fingerprint density at radius 3 is 0.596 bits per heavy atom. The second-order valence-corrected chi connectivity index (χ2v) is 31.7. The van der Waals surface area contributed by atoms with Crippen molar-refractivity contribution in [3.8, 4) is 0 Å². The molecule has 0 spiro atoms. The standard InChI is InChI=1S/C80H156O17P2/c1-5-9-13-17-21-25-28-31-34-37-40-43-46-49-53-57-61-65-78(83)91-71-76(97-80(85)67-63-59-55-51-48-45-42-39-36-33-30-27-23-19-15-11-7-3)73-95-99(88,89)93-69-74(81)68-92-98(86,87)94-72-75(70-90-77(82)64-60-56-52-24-20-16-12-8-4)96-79(84)66-62-58-54-50-47-44-41-38-35-32-29-26-22-18-14-10-6-2/h74-76,81H,5-73H2,1-4H3,(H,86,87)(H,88,89)/t74-,75+,76+/m0/s1. The van der Waals surface area contributed by atoms with Gasteiger partial charge in [0.1, 0.15) is 19.3 Å². The minimum atomic E-state index is -4.96. The van der Waals surface area contributed by atoms with Gasteiger partial charge in [0.05, 0.1) is 26.4 Å². The maximum absolute atomic E-state index is 13.1. The molecule has 0 aliphatic heterocycles. The van der Waals surface area contributed by atoms with Crippen molar-refractivity contribution in [1.82, 2.24) is 0 Å². The van der Waals surface area contributed by atoms with Crippen LogP contribution >= 0.6 is 15.6 Å². The summed E-state index contributed by atoms with van der Waals surface area (Å²) >= 11 is 0. The second kappa shape index (κ2) is 74.3. The second-order valence-electron chi connectivity index (χ2n) is 28.8. The van der Waals surface area contributed by atoms with Crippen molar-refractivity contribution < 1.29 is 80.2 Å². The quantitative estimate of drug-likeness (QED) is 0.0222. The highest BCUT2D eigenvalue weighted by Crippen LogP contribution is 2.45. The molecule has 99 heavy (non-hydrogen) atoms. The van der Waals surface area contributed by atoms with Gasteiger partial charge in [-0.3, -0.25) is 37.3 Å². The summed E-state index contributed by atoms with van der Waals surface area (Å²) in [5, 5.41) is 10.6. The third-order valence-electron chi connectivity index (χ3n) is 18.9. The van der Waals surface area contributed by atoms with Crippen LogP contribution in [0.2, 0.25) is 0 Å². The summed E-state index contributed by atoms with van der Waals surface area (Å²) in [6.45, 7) is 5.00. The topological polar surface area (TPSA) is 237 Å². The maximum Gasteiger partial charge on any atom is 0.472 e. The van der Waals surface area contributed by atoms with Crippen LogP contribution in [0.3, 0.4) is 0 Å². The van der Waals surface area contributed by atoms with Crippen LogP contribution in [0.25, 0.3) is 0 Å². The molecule has 17 nitrogen and oxygen atoms in total. The number of aliphatic hydroxyl groups excluding tert-OH is 1. The lowest BCUT2D eigenvalue weighted by Crippen LogP contribution is -2.30. The van der Waals surface area contributed by atoms with E-state index >= 15 is 0 Å². The number of rotatable bonds is 81. The molecule has 0 fully saturated rings.